The second-order valence-electron chi connectivity index (χ2n) is 6.55. The van der Waals surface area contributed by atoms with Gasteiger partial charge in [-0.25, -0.2) is 0 Å². The molecule has 0 saturated heterocycles. The third-order valence-corrected chi connectivity index (χ3v) is 4.31. The van der Waals surface area contributed by atoms with Crippen molar-refractivity contribution in [1.29, 1.82) is 0 Å². The Bertz CT molecular complexity index is 456. The van der Waals surface area contributed by atoms with Crippen LogP contribution in [0.1, 0.15) is 38.7 Å². The number of hydrogen-bond acceptors (Lipinski definition) is 3. The van der Waals surface area contributed by atoms with Crippen molar-refractivity contribution in [1.82, 2.24) is 5.32 Å². The minimum atomic E-state index is 0.506. The van der Waals surface area contributed by atoms with Crippen LogP contribution < -0.4 is 15.4 Å². The fraction of sp³-hybridized carbons (Fsp3) is 0.625. The van der Waals surface area contributed by atoms with Gasteiger partial charge >= 0.3 is 0 Å². The van der Waals surface area contributed by atoms with Gasteiger partial charge in [-0.3, -0.25) is 0 Å². The molecule has 1 aromatic rings. The van der Waals surface area contributed by atoms with Gasteiger partial charge in [0.15, 0.2) is 0 Å². The maximum atomic E-state index is 5.81. The third-order valence-electron chi connectivity index (χ3n) is 4.31. The molecule has 3 nitrogen and oxygen atoms in total. The first-order valence-electron chi connectivity index (χ1n) is 7.36. The smallest absolute Gasteiger partial charge is 0.146 e. The molecule has 2 aliphatic rings. The summed E-state index contributed by atoms with van der Waals surface area (Å²) < 4.78 is 5.81. The van der Waals surface area contributed by atoms with Gasteiger partial charge in [0.05, 0.1) is 5.69 Å². The van der Waals surface area contributed by atoms with E-state index in [0.29, 0.717) is 11.5 Å². The first kappa shape index (κ1) is 12.8. The van der Waals surface area contributed by atoms with Crippen LogP contribution in [0.25, 0.3) is 0 Å². The summed E-state index contributed by atoms with van der Waals surface area (Å²) >= 11 is 0. The highest BCUT2D eigenvalue weighted by molar-refractivity contribution is 5.61. The Hall–Kier alpha value is -1.22. The Morgan fingerprint density at radius 2 is 2.32 bits per heavy atom. The summed E-state index contributed by atoms with van der Waals surface area (Å²) in [5, 5.41) is 7.09. The van der Waals surface area contributed by atoms with Gasteiger partial charge in [-0.05, 0) is 30.7 Å². The number of rotatable bonds is 3. The molecule has 3 rings (SSSR count). The SMILES string of the molecule is CC1(C)CCC(NCc2cccc3c2OCCN3)C1. The fourth-order valence-corrected chi connectivity index (χ4v) is 3.24. The van der Waals surface area contributed by atoms with Crippen molar-refractivity contribution in [3.05, 3.63) is 23.8 Å². The van der Waals surface area contributed by atoms with Crippen molar-refractivity contribution >= 4 is 5.69 Å². The third kappa shape index (κ3) is 2.86. The number of para-hydroxylation sites is 1. The Morgan fingerprint density at radius 1 is 1.42 bits per heavy atom. The highest BCUT2D eigenvalue weighted by Crippen LogP contribution is 2.37. The van der Waals surface area contributed by atoms with Crippen LogP contribution in [-0.4, -0.2) is 19.2 Å². The Labute approximate surface area is 115 Å². The molecular formula is C16H24N2O. The Morgan fingerprint density at radius 3 is 3.11 bits per heavy atom. The van der Waals surface area contributed by atoms with Crippen LogP contribution in [0.5, 0.6) is 5.75 Å². The van der Waals surface area contributed by atoms with Gasteiger partial charge in [0.1, 0.15) is 12.4 Å². The Kier molecular flexibility index (Phi) is 3.40. The van der Waals surface area contributed by atoms with Gasteiger partial charge < -0.3 is 15.4 Å². The van der Waals surface area contributed by atoms with Crippen LogP contribution in [0.3, 0.4) is 0 Å². The Balaban J connectivity index is 1.64. The van der Waals surface area contributed by atoms with Crippen LogP contribution in [0.2, 0.25) is 0 Å². The van der Waals surface area contributed by atoms with E-state index < -0.39 is 0 Å². The molecule has 0 aromatic heterocycles. The van der Waals surface area contributed by atoms with E-state index in [-0.39, 0.29) is 0 Å². The average molecular weight is 260 g/mol. The van der Waals surface area contributed by atoms with Crippen molar-refractivity contribution in [2.75, 3.05) is 18.5 Å². The van der Waals surface area contributed by atoms with Crippen molar-refractivity contribution in [3.63, 3.8) is 0 Å². The van der Waals surface area contributed by atoms with Gasteiger partial charge in [0, 0.05) is 24.7 Å². The van der Waals surface area contributed by atoms with Gasteiger partial charge in [-0.15, -0.1) is 0 Å². The molecule has 0 bridgehead atoms. The number of hydrogen-bond donors (Lipinski definition) is 2. The van der Waals surface area contributed by atoms with E-state index in [1.165, 1.54) is 24.8 Å². The van der Waals surface area contributed by atoms with Crippen molar-refractivity contribution < 1.29 is 4.74 Å². The minimum absolute atomic E-state index is 0.506. The van der Waals surface area contributed by atoms with E-state index in [0.717, 1.165) is 31.1 Å². The quantitative estimate of drug-likeness (QED) is 0.876. The van der Waals surface area contributed by atoms with Gasteiger partial charge in [0.25, 0.3) is 0 Å². The lowest BCUT2D eigenvalue weighted by Gasteiger charge is -2.23. The number of benzene rings is 1. The van der Waals surface area contributed by atoms with Gasteiger partial charge in [-0.2, -0.15) is 0 Å². The monoisotopic (exact) mass is 260 g/mol. The van der Waals surface area contributed by atoms with Crippen LogP contribution in [0.15, 0.2) is 18.2 Å². The molecule has 104 valence electrons. The van der Waals surface area contributed by atoms with E-state index in [1.54, 1.807) is 0 Å². The van der Waals surface area contributed by atoms with Gasteiger partial charge in [0.2, 0.25) is 0 Å². The maximum Gasteiger partial charge on any atom is 0.146 e. The second-order valence-corrected chi connectivity index (χ2v) is 6.55. The van der Waals surface area contributed by atoms with E-state index in [1.807, 2.05) is 0 Å². The average Bonchev–Trinajstić information content (AvgIpc) is 2.76. The molecule has 1 fully saturated rings. The standard InChI is InChI=1S/C16H24N2O/c1-16(2)7-6-13(10-16)18-11-12-4-3-5-14-15(12)19-9-8-17-14/h3-5,13,17-18H,6-11H2,1-2H3. The molecule has 1 unspecified atom stereocenters. The van der Waals surface area contributed by atoms with E-state index in [2.05, 4.69) is 42.7 Å². The largest absolute Gasteiger partial charge is 0.489 e. The molecule has 3 heteroatoms. The van der Waals surface area contributed by atoms with E-state index >= 15 is 0 Å². The molecule has 0 radical (unpaired) electrons. The van der Waals surface area contributed by atoms with Crippen molar-refractivity contribution in [3.8, 4) is 5.75 Å². The normalized spacial score (nSPS) is 24.4. The first-order chi connectivity index (χ1) is 9.14. The molecule has 0 spiro atoms. The van der Waals surface area contributed by atoms with Gasteiger partial charge in [-0.1, -0.05) is 26.0 Å². The molecule has 1 aliphatic carbocycles. The zero-order valence-corrected chi connectivity index (χ0v) is 12.0. The summed E-state index contributed by atoms with van der Waals surface area (Å²) in [6, 6.07) is 7.02. The molecule has 1 aromatic carbocycles. The molecule has 1 aliphatic heterocycles. The molecular weight excluding hydrogens is 236 g/mol. The highest BCUT2D eigenvalue weighted by atomic mass is 16.5. The topological polar surface area (TPSA) is 33.3 Å². The molecule has 1 heterocycles. The number of ether oxygens (including phenoxy) is 1. The van der Waals surface area contributed by atoms with E-state index in [4.69, 9.17) is 4.74 Å². The van der Waals surface area contributed by atoms with E-state index in [9.17, 15) is 0 Å². The highest BCUT2D eigenvalue weighted by Gasteiger charge is 2.30. The predicted molar refractivity (Wildman–Crippen MR) is 78.7 cm³/mol. The summed E-state index contributed by atoms with van der Waals surface area (Å²) in [5.74, 6) is 1.04. The summed E-state index contributed by atoms with van der Waals surface area (Å²) in [6.45, 7) is 7.31. The molecule has 2 N–H and O–H groups in total. The number of anilines is 1. The fourth-order valence-electron chi connectivity index (χ4n) is 3.24. The zero-order valence-electron chi connectivity index (χ0n) is 12.0. The first-order valence-corrected chi connectivity index (χ1v) is 7.36. The molecule has 1 atom stereocenters. The summed E-state index contributed by atoms with van der Waals surface area (Å²) in [7, 11) is 0. The minimum Gasteiger partial charge on any atom is -0.489 e. The van der Waals surface area contributed by atoms with Crippen LogP contribution in [0, 0.1) is 5.41 Å². The van der Waals surface area contributed by atoms with Crippen molar-refractivity contribution in [2.45, 2.75) is 45.7 Å². The predicted octanol–water partition coefficient (Wildman–Crippen LogP) is 3.16. The summed E-state index contributed by atoms with van der Waals surface area (Å²) in [5.41, 5.74) is 2.91. The maximum absolute atomic E-state index is 5.81. The van der Waals surface area contributed by atoms with Crippen molar-refractivity contribution in [2.24, 2.45) is 5.41 Å². The lowest BCUT2D eigenvalue weighted by molar-refractivity contribution is 0.317. The molecule has 0 amide bonds. The zero-order chi connectivity index (χ0) is 13.3. The number of fused-ring (bicyclic) bond motifs is 1. The summed E-state index contributed by atoms with van der Waals surface area (Å²) in [4.78, 5) is 0. The van der Waals surface area contributed by atoms with Crippen LogP contribution >= 0.6 is 0 Å². The second kappa shape index (κ2) is 5.04. The summed E-state index contributed by atoms with van der Waals surface area (Å²) in [6.07, 6.45) is 3.90. The van der Waals surface area contributed by atoms with Crippen LogP contribution in [-0.2, 0) is 6.54 Å². The van der Waals surface area contributed by atoms with Crippen LogP contribution in [0.4, 0.5) is 5.69 Å². The number of nitrogens with one attached hydrogen (secondary N) is 2. The molecule has 1 saturated carbocycles. The molecule has 19 heavy (non-hydrogen) atoms. The lowest BCUT2D eigenvalue weighted by Crippen LogP contribution is -2.28. The lowest BCUT2D eigenvalue weighted by atomic mass is 9.92.